The number of halogens is 2. The fourth-order valence-electron chi connectivity index (χ4n) is 3.65. The molecule has 1 aliphatic carbocycles. The summed E-state index contributed by atoms with van der Waals surface area (Å²) in [6, 6.07) is 4.55. The number of rotatable bonds is 1. The lowest BCUT2D eigenvalue weighted by atomic mass is 9.78. The van der Waals surface area contributed by atoms with E-state index in [-0.39, 0.29) is 11.1 Å². The Balaban J connectivity index is 1.70. The van der Waals surface area contributed by atoms with Crippen LogP contribution in [0.4, 0.5) is 14.9 Å². The van der Waals surface area contributed by atoms with Crippen molar-refractivity contribution in [3.8, 4) is 0 Å². The summed E-state index contributed by atoms with van der Waals surface area (Å²) in [7, 11) is 0. The van der Waals surface area contributed by atoms with Gasteiger partial charge in [0, 0.05) is 18.3 Å². The predicted octanol–water partition coefficient (Wildman–Crippen LogP) is 4.67. The lowest BCUT2D eigenvalue weighted by Gasteiger charge is -2.44. The summed E-state index contributed by atoms with van der Waals surface area (Å²) in [6.45, 7) is 0.807. The lowest BCUT2D eigenvalue weighted by molar-refractivity contribution is 0.0909. The number of piperidine rings is 1. The molecule has 2 fully saturated rings. The van der Waals surface area contributed by atoms with Crippen molar-refractivity contribution in [1.82, 2.24) is 4.90 Å². The van der Waals surface area contributed by atoms with Gasteiger partial charge in [-0.3, -0.25) is 0 Å². The van der Waals surface area contributed by atoms with E-state index in [9.17, 15) is 9.18 Å². The minimum atomic E-state index is -0.472. The van der Waals surface area contributed by atoms with Crippen LogP contribution in [0.25, 0.3) is 0 Å². The fraction of sp³-hybridized carbons (Fsp3) is 0.562. The zero-order chi connectivity index (χ0) is 14.8. The molecule has 3 rings (SSSR count). The van der Waals surface area contributed by atoms with E-state index < -0.39 is 5.82 Å². The third-order valence-electron chi connectivity index (χ3n) is 4.67. The van der Waals surface area contributed by atoms with Gasteiger partial charge in [0.25, 0.3) is 0 Å². The van der Waals surface area contributed by atoms with Gasteiger partial charge in [0.05, 0.1) is 5.02 Å². The molecule has 1 saturated heterocycles. The quantitative estimate of drug-likeness (QED) is 0.803. The smallest absolute Gasteiger partial charge is 0.321 e. The number of hydrogen-bond acceptors (Lipinski definition) is 1. The molecule has 0 aromatic heterocycles. The normalized spacial score (nSPS) is 25.3. The molecule has 0 bridgehead atoms. The molecule has 1 aromatic carbocycles. The molecule has 1 aliphatic heterocycles. The van der Waals surface area contributed by atoms with E-state index in [4.69, 9.17) is 11.6 Å². The van der Waals surface area contributed by atoms with Crippen LogP contribution < -0.4 is 5.32 Å². The van der Waals surface area contributed by atoms with Crippen molar-refractivity contribution in [1.29, 1.82) is 0 Å². The summed E-state index contributed by atoms with van der Waals surface area (Å²) < 4.78 is 13.2. The Morgan fingerprint density at radius 3 is 2.81 bits per heavy atom. The van der Waals surface area contributed by atoms with Crippen LogP contribution in [0.1, 0.15) is 38.5 Å². The number of carbonyl (C=O) groups excluding carboxylic acids is 1. The van der Waals surface area contributed by atoms with Crippen molar-refractivity contribution < 1.29 is 9.18 Å². The first-order valence-corrected chi connectivity index (χ1v) is 8.05. The van der Waals surface area contributed by atoms with Gasteiger partial charge >= 0.3 is 6.03 Å². The largest absolute Gasteiger partial charge is 0.322 e. The highest BCUT2D eigenvalue weighted by atomic mass is 35.5. The zero-order valence-electron chi connectivity index (χ0n) is 11.9. The standard InChI is InChI=1S/C16H20ClFN2O/c17-13-10-12(7-8-14(13)18)19-16(21)20-9-3-5-11-4-1-2-6-15(11)20/h7-8,10-11,15H,1-6,9H2,(H,19,21). The van der Waals surface area contributed by atoms with Gasteiger partial charge in [-0.15, -0.1) is 0 Å². The average Bonchev–Trinajstić information content (AvgIpc) is 2.50. The molecule has 2 atom stereocenters. The van der Waals surface area contributed by atoms with Crippen LogP contribution in [0.15, 0.2) is 18.2 Å². The average molecular weight is 311 g/mol. The van der Waals surface area contributed by atoms with Gasteiger partial charge in [-0.1, -0.05) is 24.4 Å². The van der Waals surface area contributed by atoms with Crippen LogP contribution in [0, 0.1) is 11.7 Å². The number of benzene rings is 1. The molecule has 1 saturated carbocycles. The van der Waals surface area contributed by atoms with Gasteiger partial charge in [0.2, 0.25) is 0 Å². The first kappa shape index (κ1) is 14.6. The van der Waals surface area contributed by atoms with Crippen LogP contribution >= 0.6 is 11.6 Å². The molecule has 0 radical (unpaired) electrons. The van der Waals surface area contributed by atoms with Crippen LogP contribution in [0.2, 0.25) is 5.02 Å². The molecule has 1 aromatic rings. The van der Waals surface area contributed by atoms with Crippen LogP contribution in [0.3, 0.4) is 0 Å². The Kier molecular flexibility index (Phi) is 4.34. The second kappa shape index (κ2) is 6.22. The zero-order valence-corrected chi connectivity index (χ0v) is 12.7. The summed E-state index contributed by atoms with van der Waals surface area (Å²) in [6.07, 6.45) is 7.12. The van der Waals surface area contributed by atoms with Crippen molar-refractivity contribution in [2.45, 2.75) is 44.6 Å². The van der Waals surface area contributed by atoms with Crippen molar-refractivity contribution in [3.63, 3.8) is 0 Å². The molecule has 2 aliphatic rings. The van der Waals surface area contributed by atoms with E-state index in [0.717, 1.165) is 19.4 Å². The Morgan fingerprint density at radius 2 is 2.00 bits per heavy atom. The predicted molar refractivity (Wildman–Crippen MR) is 82.1 cm³/mol. The van der Waals surface area contributed by atoms with Gasteiger partial charge in [-0.25, -0.2) is 9.18 Å². The molecule has 3 nitrogen and oxygen atoms in total. The number of urea groups is 1. The number of fused-ring (bicyclic) bond motifs is 1. The highest BCUT2D eigenvalue weighted by Gasteiger charge is 2.35. The maximum atomic E-state index is 13.2. The molecular formula is C16H20ClFN2O. The van der Waals surface area contributed by atoms with Gasteiger partial charge in [-0.2, -0.15) is 0 Å². The molecule has 114 valence electrons. The SMILES string of the molecule is O=C(Nc1ccc(F)c(Cl)c1)N1CCCC2CCCCC21. The van der Waals surface area contributed by atoms with Crippen molar-refractivity contribution in [3.05, 3.63) is 29.0 Å². The molecule has 21 heavy (non-hydrogen) atoms. The van der Waals surface area contributed by atoms with Crippen molar-refractivity contribution >= 4 is 23.3 Å². The first-order valence-electron chi connectivity index (χ1n) is 7.68. The summed E-state index contributed by atoms with van der Waals surface area (Å²) in [5.41, 5.74) is 0.546. The second-order valence-corrected chi connectivity index (χ2v) is 6.41. The summed E-state index contributed by atoms with van der Waals surface area (Å²) >= 11 is 5.75. The second-order valence-electron chi connectivity index (χ2n) is 6.01. The monoisotopic (exact) mass is 310 g/mol. The Bertz CT molecular complexity index is 535. The van der Waals surface area contributed by atoms with E-state index >= 15 is 0 Å². The van der Waals surface area contributed by atoms with Crippen LogP contribution in [-0.2, 0) is 0 Å². The van der Waals surface area contributed by atoms with Crippen molar-refractivity contribution in [2.24, 2.45) is 5.92 Å². The summed E-state index contributed by atoms with van der Waals surface area (Å²) in [4.78, 5) is 14.5. The fourth-order valence-corrected chi connectivity index (χ4v) is 3.83. The van der Waals surface area contributed by atoms with Crippen LogP contribution in [0.5, 0.6) is 0 Å². The Labute approximate surface area is 129 Å². The highest BCUT2D eigenvalue weighted by Crippen LogP contribution is 2.35. The number of nitrogens with zero attached hydrogens (tertiary/aromatic N) is 1. The Hall–Kier alpha value is -1.29. The summed E-state index contributed by atoms with van der Waals surface area (Å²) in [5.74, 6) is 0.176. The minimum Gasteiger partial charge on any atom is -0.321 e. The van der Waals surface area contributed by atoms with E-state index in [1.165, 1.54) is 37.8 Å². The third kappa shape index (κ3) is 3.15. The topological polar surface area (TPSA) is 32.3 Å². The number of anilines is 1. The van der Waals surface area contributed by atoms with E-state index in [1.54, 1.807) is 6.07 Å². The van der Waals surface area contributed by atoms with E-state index in [2.05, 4.69) is 5.32 Å². The highest BCUT2D eigenvalue weighted by molar-refractivity contribution is 6.31. The molecule has 2 unspecified atom stereocenters. The van der Waals surface area contributed by atoms with Gasteiger partial charge < -0.3 is 10.2 Å². The minimum absolute atomic E-state index is 0.0296. The summed E-state index contributed by atoms with van der Waals surface area (Å²) in [5, 5.41) is 2.88. The molecule has 5 heteroatoms. The number of hydrogen-bond donors (Lipinski definition) is 1. The first-order chi connectivity index (χ1) is 10.1. The molecule has 0 spiro atoms. The number of likely N-dealkylation sites (tertiary alicyclic amines) is 1. The maximum absolute atomic E-state index is 13.2. The van der Waals surface area contributed by atoms with Gasteiger partial charge in [0.1, 0.15) is 5.82 Å². The number of amides is 2. The van der Waals surface area contributed by atoms with Crippen LogP contribution in [-0.4, -0.2) is 23.5 Å². The molecule has 1 heterocycles. The number of carbonyl (C=O) groups is 1. The molecule has 1 N–H and O–H groups in total. The lowest BCUT2D eigenvalue weighted by Crippen LogP contribution is -2.51. The van der Waals surface area contributed by atoms with E-state index in [1.807, 2.05) is 4.90 Å². The molecule has 2 amide bonds. The van der Waals surface area contributed by atoms with Crippen molar-refractivity contribution in [2.75, 3.05) is 11.9 Å². The number of nitrogens with one attached hydrogen (secondary N) is 1. The Morgan fingerprint density at radius 1 is 1.24 bits per heavy atom. The molecular weight excluding hydrogens is 291 g/mol. The van der Waals surface area contributed by atoms with Gasteiger partial charge in [0.15, 0.2) is 0 Å². The third-order valence-corrected chi connectivity index (χ3v) is 4.96. The van der Waals surface area contributed by atoms with Gasteiger partial charge in [-0.05, 0) is 49.8 Å². The van der Waals surface area contributed by atoms with E-state index in [0.29, 0.717) is 17.6 Å². The maximum Gasteiger partial charge on any atom is 0.322 e.